The molecule has 0 spiro atoms. The molecule has 1 aliphatic rings. The SMILES string of the molecule is CCCC1(O)OC(=O)CCCCC(=O)O1. The van der Waals surface area contributed by atoms with Crippen molar-refractivity contribution in [1.82, 2.24) is 0 Å². The molecule has 0 aromatic carbocycles. The molecule has 0 radical (unpaired) electrons. The Labute approximate surface area is 88.4 Å². The van der Waals surface area contributed by atoms with Crippen LogP contribution in [0.4, 0.5) is 0 Å². The predicted molar refractivity (Wildman–Crippen MR) is 50.5 cm³/mol. The van der Waals surface area contributed by atoms with Crippen molar-refractivity contribution in [3.05, 3.63) is 0 Å². The first-order valence-electron chi connectivity index (χ1n) is 5.22. The van der Waals surface area contributed by atoms with Crippen LogP contribution in [0.5, 0.6) is 0 Å². The maximum absolute atomic E-state index is 11.2. The molecule has 5 nitrogen and oxygen atoms in total. The average Bonchev–Trinajstić information content (AvgIpc) is 2.16. The Hall–Kier alpha value is -1.10. The van der Waals surface area contributed by atoms with Crippen molar-refractivity contribution in [3.63, 3.8) is 0 Å². The highest BCUT2D eigenvalue weighted by molar-refractivity contribution is 5.72. The molecule has 0 bridgehead atoms. The summed E-state index contributed by atoms with van der Waals surface area (Å²) < 4.78 is 9.49. The lowest BCUT2D eigenvalue weighted by Gasteiger charge is -2.25. The molecule has 0 amide bonds. The van der Waals surface area contributed by atoms with E-state index >= 15 is 0 Å². The summed E-state index contributed by atoms with van der Waals surface area (Å²) in [6, 6.07) is 0. The summed E-state index contributed by atoms with van der Waals surface area (Å²) in [6.07, 6.45) is 2.24. The third kappa shape index (κ3) is 3.87. The number of aliphatic hydroxyl groups is 1. The minimum atomic E-state index is -2.06. The molecule has 0 unspecified atom stereocenters. The maximum Gasteiger partial charge on any atom is 0.373 e. The number of carbonyl (C=O) groups excluding carboxylic acids is 2. The molecule has 15 heavy (non-hydrogen) atoms. The fourth-order valence-electron chi connectivity index (χ4n) is 1.44. The standard InChI is InChI=1S/C10H16O5/c1-2-7-10(13)14-8(11)5-3-4-6-9(12)15-10/h13H,2-7H2,1H3. The largest absolute Gasteiger partial charge is 0.398 e. The van der Waals surface area contributed by atoms with E-state index in [1.807, 2.05) is 0 Å². The Kier molecular flexibility index (Phi) is 4.08. The topological polar surface area (TPSA) is 72.8 Å². The van der Waals surface area contributed by atoms with Gasteiger partial charge in [-0.05, 0) is 19.3 Å². The molecule has 1 heterocycles. The summed E-state index contributed by atoms with van der Waals surface area (Å²) in [4.78, 5) is 22.4. The monoisotopic (exact) mass is 216 g/mol. The van der Waals surface area contributed by atoms with Crippen molar-refractivity contribution in [2.24, 2.45) is 0 Å². The molecule has 0 atom stereocenters. The number of hydrogen-bond acceptors (Lipinski definition) is 5. The van der Waals surface area contributed by atoms with E-state index < -0.39 is 17.9 Å². The van der Waals surface area contributed by atoms with Crippen molar-refractivity contribution >= 4 is 11.9 Å². The number of carbonyl (C=O) groups is 2. The van der Waals surface area contributed by atoms with Gasteiger partial charge in [-0.3, -0.25) is 9.59 Å². The molecule has 1 rings (SSSR count). The van der Waals surface area contributed by atoms with Gasteiger partial charge >= 0.3 is 17.9 Å². The molecule has 1 aliphatic heterocycles. The second-order valence-electron chi connectivity index (χ2n) is 3.62. The normalized spacial score (nSPS) is 22.0. The lowest BCUT2D eigenvalue weighted by atomic mass is 10.2. The van der Waals surface area contributed by atoms with Crippen LogP contribution in [0, 0.1) is 0 Å². The van der Waals surface area contributed by atoms with Gasteiger partial charge in [0.1, 0.15) is 0 Å². The van der Waals surface area contributed by atoms with E-state index in [0.29, 0.717) is 19.3 Å². The van der Waals surface area contributed by atoms with Gasteiger partial charge in [-0.15, -0.1) is 0 Å². The highest BCUT2D eigenvalue weighted by Gasteiger charge is 2.36. The van der Waals surface area contributed by atoms with Crippen LogP contribution in [-0.4, -0.2) is 23.0 Å². The number of rotatable bonds is 2. The van der Waals surface area contributed by atoms with Crippen LogP contribution < -0.4 is 0 Å². The lowest BCUT2D eigenvalue weighted by Crippen LogP contribution is -2.39. The van der Waals surface area contributed by atoms with Crippen molar-refractivity contribution in [2.75, 3.05) is 0 Å². The Balaban J connectivity index is 2.71. The summed E-state index contributed by atoms with van der Waals surface area (Å²) in [7, 11) is 0. The molecular formula is C10H16O5. The first-order valence-corrected chi connectivity index (χ1v) is 5.22. The summed E-state index contributed by atoms with van der Waals surface area (Å²) >= 11 is 0. The minimum absolute atomic E-state index is 0.102. The van der Waals surface area contributed by atoms with E-state index in [2.05, 4.69) is 0 Å². The predicted octanol–water partition coefficient (Wildman–Crippen LogP) is 1.09. The molecule has 1 N–H and O–H groups in total. The van der Waals surface area contributed by atoms with Gasteiger partial charge in [0, 0.05) is 12.8 Å². The third-order valence-corrected chi connectivity index (χ3v) is 2.12. The fourth-order valence-corrected chi connectivity index (χ4v) is 1.44. The highest BCUT2D eigenvalue weighted by Crippen LogP contribution is 2.21. The van der Waals surface area contributed by atoms with Gasteiger partial charge in [0.2, 0.25) is 0 Å². The van der Waals surface area contributed by atoms with Gasteiger partial charge in [0.05, 0.1) is 6.42 Å². The molecule has 5 heteroatoms. The quantitative estimate of drug-likeness (QED) is 0.699. The summed E-state index contributed by atoms with van der Waals surface area (Å²) in [5.74, 6) is -3.12. The maximum atomic E-state index is 11.2. The van der Waals surface area contributed by atoms with Crippen molar-refractivity contribution in [3.8, 4) is 0 Å². The van der Waals surface area contributed by atoms with Crippen LogP contribution in [0.1, 0.15) is 45.4 Å². The van der Waals surface area contributed by atoms with E-state index in [-0.39, 0.29) is 19.3 Å². The Bertz CT molecular complexity index is 228. The fraction of sp³-hybridized carbons (Fsp3) is 0.800. The molecule has 1 saturated heterocycles. The van der Waals surface area contributed by atoms with Crippen molar-refractivity contribution in [1.29, 1.82) is 0 Å². The molecule has 86 valence electrons. The van der Waals surface area contributed by atoms with Crippen LogP contribution in [-0.2, 0) is 19.1 Å². The Morgan fingerprint density at radius 2 is 1.67 bits per heavy atom. The highest BCUT2D eigenvalue weighted by atomic mass is 16.8. The van der Waals surface area contributed by atoms with Crippen molar-refractivity contribution in [2.45, 2.75) is 51.4 Å². The smallest absolute Gasteiger partial charge is 0.373 e. The zero-order valence-electron chi connectivity index (χ0n) is 8.82. The Morgan fingerprint density at radius 1 is 1.20 bits per heavy atom. The van der Waals surface area contributed by atoms with Gasteiger partial charge in [-0.2, -0.15) is 0 Å². The molecule has 1 fully saturated rings. The zero-order chi connectivity index (χ0) is 11.3. The first kappa shape index (κ1) is 12.0. The van der Waals surface area contributed by atoms with Gasteiger partial charge in [-0.1, -0.05) is 6.92 Å². The zero-order valence-corrected chi connectivity index (χ0v) is 8.82. The van der Waals surface area contributed by atoms with Crippen LogP contribution >= 0.6 is 0 Å². The van der Waals surface area contributed by atoms with Crippen LogP contribution in [0.2, 0.25) is 0 Å². The molecule has 0 aromatic rings. The lowest BCUT2D eigenvalue weighted by molar-refractivity contribution is -0.327. The molecule has 0 saturated carbocycles. The van der Waals surface area contributed by atoms with E-state index in [4.69, 9.17) is 9.47 Å². The second-order valence-corrected chi connectivity index (χ2v) is 3.62. The second kappa shape index (κ2) is 5.11. The number of ether oxygens (including phenoxy) is 2. The van der Waals surface area contributed by atoms with Gasteiger partial charge in [0.15, 0.2) is 0 Å². The van der Waals surface area contributed by atoms with Gasteiger partial charge < -0.3 is 14.6 Å². The van der Waals surface area contributed by atoms with Crippen molar-refractivity contribution < 1.29 is 24.2 Å². The average molecular weight is 216 g/mol. The summed E-state index contributed by atoms with van der Waals surface area (Å²) in [6.45, 7) is 1.80. The molecule has 0 aliphatic carbocycles. The van der Waals surface area contributed by atoms with E-state index in [1.165, 1.54) is 0 Å². The van der Waals surface area contributed by atoms with Crippen LogP contribution in [0.15, 0.2) is 0 Å². The first-order chi connectivity index (χ1) is 7.06. The van der Waals surface area contributed by atoms with Gasteiger partial charge in [0.25, 0.3) is 0 Å². The third-order valence-electron chi connectivity index (χ3n) is 2.12. The number of esters is 2. The number of hydrogen-bond donors (Lipinski definition) is 1. The molecule has 0 aromatic heterocycles. The van der Waals surface area contributed by atoms with E-state index in [1.54, 1.807) is 6.92 Å². The summed E-state index contributed by atoms with van der Waals surface area (Å²) in [5.41, 5.74) is 0. The van der Waals surface area contributed by atoms with E-state index in [0.717, 1.165) is 0 Å². The van der Waals surface area contributed by atoms with E-state index in [9.17, 15) is 14.7 Å². The van der Waals surface area contributed by atoms with Crippen LogP contribution in [0.25, 0.3) is 0 Å². The minimum Gasteiger partial charge on any atom is -0.398 e. The number of cyclic esters (lactones) is 2. The Morgan fingerprint density at radius 3 is 2.07 bits per heavy atom. The molecular weight excluding hydrogens is 200 g/mol. The van der Waals surface area contributed by atoms with Crippen LogP contribution in [0.3, 0.4) is 0 Å². The summed E-state index contributed by atoms with van der Waals surface area (Å²) in [5, 5.41) is 9.76. The van der Waals surface area contributed by atoms with Gasteiger partial charge in [-0.25, -0.2) is 0 Å².